The van der Waals surface area contributed by atoms with Gasteiger partial charge in [-0.15, -0.1) is 0 Å². The second-order valence-corrected chi connectivity index (χ2v) is 10.9. The van der Waals surface area contributed by atoms with Crippen LogP contribution in [0.5, 0.6) is 0 Å². The van der Waals surface area contributed by atoms with Crippen LogP contribution in [0.4, 0.5) is 5.69 Å². The Kier molecular flexibility index (Phi) is 9.57. The van der Waals surface area contributed by atoms with Crippen LogP contribution < -0.4 is 9.62 Å². The van der Waals surface area contributed by atoms with Gasteiger partial charge in [-0.25, -0.2) is 8.42 Å². The Hall–Kier alpha value is -2.29. The van der Waals surface area contributed by atoms with Gasteiger partial charge in [0.05, 0.1) is 17.0 Å². The summed E-state index contributed by atoms with van der Waals surface area (Å²) < 4.78 is 26.0. The molecule has 1 N–H and O–H groups in total. The number of carbonyl (C=O) groups is 2. The molecule has 10 heteroatoms. The average molecular weight is 514 g/mol. The molecule has 0 saturated heterocycles. The quantitative estimate of drug-likeness (QED) is 0.520. The normalized spacial score (nSPS) is 12.3. The van der Waals surface area contributed by atoms with Crippen molar-refractivity contribution in [3.05, 3.63) is 64.1 Å². The van der Waals surface area contributed by atoms with Crippen molar-refractivity contribution < 1.29 is 18.0 Å². The van der Waals surface area contributed by atoms with E-state index in [-0.39, 0.29) is 29.1 Å². The third-order valence-corrected chi connectivity index (χ3v) is 6.62. The van der Waals surface area contributed by atoms with Crippen molar-refractivity contribution in [3.63, 3.8) is 0 Å². The van der Waals surface area contributed by atoms with Crippen molar-refractivity contribution >= 4 is 50.7 Å². The molecule has 0 bridgehead atoms. The molecule has 0 aliphatic carbocycles. The summed E-state index contributed by atoms with van der Waals surface area (Å²) in [5, 5.41) is 3.57. The molecule has 0 aromatic heterocycles. The minimum atomic E-state index is -3.83. The molecule has 180 valence electrons. The molecule has 0 saturated carbocycles. The number of hydrogen-bond donors (Lipinski definition) is 1. The Morgan fingerprint density at radius 1 is 1.00 bits per heavy atom. The Labute approximate surface area is 205 Å². The molecule has 2 amide bonds. The van der Waals surface area contributed by atoms with Gasteiger partial charge < -0.3 is 10.2 Å². The standard InChI is InChI=1S/C23H29Cl2N3O4S/c1-16(2)13-26-23(30)17(3)27(14-18-9-11-19(24)12-10-18)22(29)15-28(33(4,31)32)21-8-6-5-7-20(21)25/h5-12,16-17H,13-15H2,1-4H3,(H,26,30). The van der Waals surface area contributed by atoms with Gasteiger partial charge in [0.15, 0.2) is 0 Å². The van der Waals surface area contributed by atoms with E-state index < -0.39 is 28.5 Å². The van der Waals surface area contributed by atoms with Gasteiger partial charge in [0.2, 0.25) is 21.8 Å². The number of halogens is 2. The first kappa shape index (κ1) is 27.0. The summed E-state index contributed by atoms with van der Waals surface area (Å²) in [4.78, 5) is 27.5. The van der Waals surface area contributed by atoms with Gasteiger partial charge in [0, 0.05) is 18.1 Å². The van der Waals surface area contributed by atoms with E-state index in [2.05, 4.69) is 5.32 Å². The average Bonchev–Trinajstić information content (AvgIpc) is 2.74. The van der Waals surface area contributed by atoms with Gasteiger partial charge in [0.25, 0.3) is 0 Å². The molecule has 7 nitrogen and oxygen atoms in total. The molecule has 0 aliphatic heterocycles. The lowest BCUT2D eigenvalue weighted by Gasteiger charge is -2.31. The second-order valence-electron chi connectivity index (χ2n) is 8.18. The van der Waals surface area contributed by atoms with Crippen LogP contribution >= 0.6 is 23.2 Å². The number of hydrogen-bond acceptors (Lipinski definition) is 4. The highest BCUT2D eigenvalue weighted by Gasteiger charge is 2.30. The number of nitrogens with zero attached hydrogens (tertiary/aromatic N) is 2. The molecule has 0 fully saturated rings. The van der Waals surface area contributed by atoms with Crippen LogP contribution in [0, 0.1) is 5.92 Å². The zero-order chi connectivity index (χ0) is 24.8. The summed E-state index contributed by atoms with van der Waals surface area (Å²) >= 11 is 12.2. The lowest BCUT2D eigenvalue weighted by atomic mass is 10.1. The van der Waals surface area contributed by atoms with Crippen molar-refractivity contribution in [1.29, 1.82) is 0 Å². The topological polar surface area (TPSA) is 86.8 Å². The molecular weight excluding hydrogens is 485 g/mol. The van der Waals surface area contributed by atoms with E-state index >= 15 is 0 Å². The number of benzene rings is 2. The van der Waals surface area contributed by atoms with Gasteiger partial charge in [-0.05, 0) is 42.7 Å². The van der Waals surface area contributed by atoms with E-state index in [1.165, 1.54) is 11.0 Å². The summed E-state index contributed by atoms with van der Waals surface area (Å²) in [5.74, 6) is -0.625. The fourth-order valence-corrected chi connectivity index (χ4v) is 4.35. The SMILES string of the molecule is CC(C)CNC(=O)C(C)N(Cc1ccc(Cl)cc1)C(=O)CN(c1ccccc1Cl)S(C)(=O)=O. The third-order valence-electron chi connectivity index (χ3n) is 4.92. The Morgan fingerprint density at radius 3 is 2.15 bits per heavy atom. The Balaban J connectivity index is 2.36. The molecule has 2 rings (SSSR count). The molecular formula is C23H29Cl2N3O4S. The Bertz CT molecular complexity index is 1080. The predicted octanol–water partition coefficient (Wildman–Crippen LogP) is 3.95. The van der Waals surface area contributed by atoms with E-state index in [9.17, 15) is 18.0 Å². The van der Waals surface area contributed by atoms with Gasteiger partial charge in [-0.2, -0.15) is 0 Å². The van der Waals surface area contributed by atoms with Gasteiger partial charge in [-0.3, -0.25) is 13.9 Å². The summed E-state index contributed by atoms with van der Waals surface area (Å²) in [5.41, 5.74) is 0.943. The van der Waals surface area contributed by atoms with E-state index in [4.69, 9.17) is 23.2 Å². The van der Waals surface area contributed by atoms with Crippen LogP contribution in [-0.2, 0) is 26.2 Å². The molecule has 0 heterocycles. The van der Waals surface area contributed by atoms with Crippen LogP contribution in [0.25, 0.3) is 0 Å². The summed E-state index contributed by atoms with van der Waals surface area (Å²) in [6.07, 6.45) is 1.01. The predicted molar refractivity (Wildman–Crippen MR) is 133 cm³/mol. The van der Waals surface area contributed by atoms with Gasteiger partial charge >= 0.3 is 0 Å². The highest BCUT2D eigenvalue weighted by atomic mass is 35.5. The number of carbonyl (C=O) groups excluding carboxylic acids is 2. The molecule has 0 spiro atoms. The molecule has 2 aromatic rings. The van der Waals surface area contributed by atoms with Crippen LogP contribution in [-0.4, -0.2) is 50.5 Å². The fourth-order valence-electron chi connectivity index (χ4n) is 3.07. The van der Waals surface area contributed by atoms with E-state index in [0.717, 1.165) is 16.1 Å². The van der Waals surface area contributed by atoms with Crippen LogP contribution in [0.1, 0.15) is 26.3 Å². The van der Waals surface area contributed by atoms with Crippen molar-refractivity contribution in [3.8, 4) is 0 Å². The van der Waals surface area contributed by atoms with Crippen molar-refractivity contribution in [2.75, 3.05) is 23.7 Å². The largest absolute Gasteiger partial charge is 0.354 e. The minimum Gasteiger partial charge on any atom is -0.354 e. The smallest absolute Gasteiger partial charge is 0.244 e. The first-order valence-electron chi connectivity index (χ1n) is 10.4. The first-order valence-corrected chi connectivity index (χ1v) is 13.0. The summed E-state index contributed by atoms with van der Waals surface area (Å²) in [6.45, 7) is 5.61. The minimum absolute atomic E-state index is 0.104. The molecule has 33 heavy (non-hydrogen) atoms. The van der Waals surface area contributed by atoms with E-state index in [1.54, 1.807) is 49.4 Å². The number of para-hydroxylation sites is 1. The zero-order valence-electron chi connectivity index (χ0n) is 19.1. The molecule has 0 aliphatic rings. The van der Waals surface area contributed by atoms with Crippen molar-refractivity contribution in [2.24, 2.45) is 5.92 Å². The van der Waals surface area contributed by atoms with Crippen LogP contribution in [0.15, 0.2) is 48.5 Å². The van der Waals surface area contributed by atoms with E-state index in [1.807, 2.05) is 13.8 Å². The van der Waals surface area contributed by atoms with Gasteiger partial charge in [-0.1, -0.05) is 61.3 Å². The summed E-state index contributed by atoms with van der Waals surface area (Å²) in [7, 11) is -3.83. The zero-order valence-corrected chi connectivity index (χ0v) is 21.4. The fraction of sp³-hybridized carbons (Fsp3) is 0.391. The van der Waals surface area contributed by atoms with Gasteiger partial charge in [0.1, 0.15) is 12.6 Å². The van der Waals surface area contributed by atoms with E-state index in [0.29, 0.717) is 11.6 Å². The maximum atomic E-state index is 13.4. The monoisotopic (exact) mass is 513 g/mol. The molecule has 2 aromatic carbocycles. The lowest BCUT2D eigenvalue weighted by molar-refractivity contribution is -0.139. The lowest BCUT2D eigenvalue weighted by Crippen LogP contribution is -2.51. The third kappa shape index (κ3) is 7.91. The van der Waals surface area contributed by atoms with Crippen molar-refractivity contribution in [2.45, 2.75) is 33.4 Å². The number of amides is 2. The number of anilines is 1. The second kappa shape index (κ2) is 11.7. The maximum absolute atomic E-state index is 13.4. The molecule has 0 radical (unpaired) electrons. The number of sulfonamides is 1. The molecule has 1 atom stereocenters. The Morgan fingerprint density at radius 2 is 1.61 bits per heavy atom. The molecule has 1 unspecified atom stereocenters. The maximum Gasteiger partial charge on any atom is 0.244 e. The highest BCUT2D eigenvalue weighted by Crippen LogP contribution is 2.27. The van der Waals surface area contributed by atoms with Crippen LogP contribution in [0.3, 0.4) is 0 Å². The summed E-state index contributed by atoms with van der Waals surface area (Å²) in [6, 6.07) is 12.4. The van der Waals surface area contributed by atoms with Crippen LogP contribution in [0.2, 0.25) is 10.0 Å². The number of nitrogens with one attached hydrogen (secondary N) is 1. The highest BCUT2D eigenvalue weighted by molar-refractivity contribution is 7.92. The van der Waals surface area contributed by atoms with Crippen molar-refractivity contribution in [1.82, 2.24) is 10.2 Å². The first-order chi connectivity index (χ1) is 15.4. The number of rotatable bonds is 10.